The van der Waals surface area contributed by atoms with Gasteiger partial charge in [0.15, 0.2) is 0 Å². The van der Waals surface area contributed by atoms with Gasteiger partial charge in [0.25, 0.3) is 0 Å². The predicted molar refractivity (Wildman–Crippen MR) is 84.8 cm³/mol. The van der Waals surface area contributed by atoms with Gasteiger partial charge in [0.1, 0.15) is 5.01 Å². The molecular weight excluding hydrogens is 320 g/mol. The molecule has 1 aliphatic carbocycles. The van der Waals surface area contributed by atoms with E-state index in [-0.39, 0.29) is 0 Å². The molecule has 1 aromatic carbocycles. The summed E-state index contributed by atoms with van der Waals surface area (Å²) in [5.74, 6) is 0. The molecule has 19 heavy (non-hydrogen) atoms. The topological polar surface area (TPSA) is 24.9 Å². The summed E-state index contributed by atoms with van der Waals surface area (Å²) >= 11 is 5.30. The van der Waals surface area contributed by atoms with Crippen LogP contribution in [-0.2, 0) is 5.41 Å². The van der Waals surface area contributed by atoms with E-state index in [1.165, 1.54) is 29.7 Å². The maximum atomic E-state index is 4.89. The molecule has 1 aromatic heterocycles. The number of aryl methyl sites for hydroxylation is 1. The monoisotopic (exact) mass is 336 g/mol. The third-order valence-corrected chi connectivity index (χ3v) is 5.22. The molecule has 1 heterocycles. The number of nitrogens with zero attached hydrogens (tertiary/aromatic N) is 1. The fourth-order valence-corrected chi connectivity index (χ4v) is 3.86. The van der Waals surface area contributed by atoms with Gasteiger partial charge in [-0.25, -0.2) is 4.98 Å². The summed E-state index contributed by atoms with van der Waals surface area (Å²) in [7, 11) is 2.02. The highest BCUT2D eigenvalue weighted by atomic mass is 79.9. The minimum atomic E-state index is 0.309. The van der Waals surface area contributed by atoms with E-state index in [1.807, 2.05) is 7.05 Å². The van der Waals surface area contributed by atoms with Crippen molar-refractivity contribution in [2.75, 3.05) is 13.6 Å². The number of likely N-dealkylation sites (N-methyl/N-ethyl adjacent to an activating group) is 1. The molecule has 0 saturated heterocycles. The number of halogens is 1. The summed E-state index contributed by atoms with van der Waals surface area (Å²) in [6.07, 6.45) is 2.52. The Morgan fingerprint density at radius 3 is 2.89 bits per heavy atom. The van der Waals surface area contributed by atoms with Gasteiger partial charge in [-0.15, -0.1) is 11.3 Å². The molecule has 0 aliphatic heterocycles. The molecule has 0 atom stereocenters. The van der Waals surface area contributed by atoms with Crippen molar-refractivity contribution in [2.45, 2.75) is 25.2 Å². The average Bonchev–Trinajstić information content (AvgIpc) is 3.01. The van der Waals surface area contributed by atoms with E-state index in [0.717, 1.165) is 16.0 Å². The molecule has 0 spiro atoms. The molecule has 1 saturated carbocycles. The minimum Gasteiger partial charge on any atom is -0.319 e. The maximum absolute atomic E-state index is 4.89. The first-order chi connectivity index (χ1) is 9.14. The zero-order chi connectivity index (χ0) is 13.5. The lowest BCUT2D eigenvalue weighted by molar-refractivity contribution is 0.611. The highest BCUT2D eigenvalue weighted by molar-refractivity contribution is 9.10. The molecule has 0 bridgehead atoms. The standard InChI is InChI=1S/C15H17BrN2S/c1-10-3-4-11(16)7-12(10)14-18-13(8-19-14)15(5-6-15)9-17-2/h3-4,7-8,17H,5-6,9H2,1-2H3. The van der Waals surface area contributed by atoms with E-state index < -0.39 is 0 Å². The summed E-state index contributed by atoms with van der Waals surface area (Å²) < 4.78 is 1.11. The van der Waals surface area contributed by atoms with Crippen LogP contribution in [0.25, 0.3) is 10.6 Å². The number of benzene rings is 1. The fourth-order valence-electron chi connectivity index (χ4n) is 2.48. The van der Waals surface area contributed by atoms with E-state index in [0.29, 0.717) is 5.41 Å². The van der Waals surface area contributed by atoms with E-state index in [4.69, 9.17) is 4.98 Å². The molecule has 1 N–H and O–H groups in total. The average molecular weight is 337 g/mol. The Labute approximate surface area is 126 Å². The van der Waals surface area contributed by atoms with Gasteiger partial charge in [-0.05, 0) is 44.5 Å². The van der Waals surface area contributed by atoms with Crippen LogP contribution in [0.1, 0.15) is 24.1 Å². The highest BCUT2D eigenvalue weighted by Gasteiger charge is 2.45. The van der Waals surface area contributed by atoms with Crippen molar-refractivity contribution in [1.82, 2.24) is 10.3 Å². The van der Waals surface area contributed by atoms with Crippen molar-refractivity contribution >= 4 is 27.3 Å². The van der Waals surface area contributed by atoms with Gasteiger partial charge < -0.3 is 5.32 Å². The van der Waals surface area contributed by atoms with Gasteiger partial charge in [0, 0.05) is 27.4 Å². The van der Waals surface area contributed by atoms with Gasteiger partial charge in [0.2, 0.25) is 0 Å². The quantitative estimate of drug-likeness (QED) is 0.907. The minimum absolute atomic E-state index is 0.309. The molecule has 0 unspecified atom stereocenters. The second-order valence-electron chi connectivity index (χ2n) is 5.31. The molecule has 2 nitrogen and oxygen atoms in total. The Balaban J connectivity index is 1.95. The van der Waals surface area contributed by atoms with Gasteiger partial charge in [-0.3, -0.25) is 0 Å². The lowest BCUT2D eigenvalue weighted by Gasteiger charge is -2.11. The van der Waals surface area contributed by atoms with Crippen molar-refractivity contribution in [3.8, 4) is 10.6 Å². The van der Waals surface area contributed by atoms with E-state index in [9.17, 15) is 0 Å². The summed E-state index contributed by atoms with van der Waals surface area (Å²) in [4.78, 5) is 4.89. The van der Waals surface area contributed by atoms with Crippen LogP contribution in [0.2, 0.25) is 0 Å². The number of hydrogen-bond acceptors (Lipinski definition) is 3. The lowest BCUT2D eigenvalue weighted by atomic mass is 10.0. The number of rotatable bonds is 4. The van der Waals surface area contributed by atoms with Crippen molar-refractivity contribution < 1.29 is 0 Å². The molecule has 1 fully saturated rings. The van der Waals surface area contributed by atoms with Crippen LogP contribution < -0.4 is 5.32 Å². The Morgan fingerprint density at radius 1 is 1.42 bits per heavy atom. The zero-order valence-corrected chi connectivity index (χ0v) is 13.6. The Hall–Kier alpha value is -0.710. The molecule has 3 rings (SSSR count). The van der Waals surface area contributed by atoms with Crippen molar-refractivity contribution in [2.24, 2.45) is 0 Å². The van der Waals surface area contributed by atoms with Gasteiger partial charge >= 0.3 is 0 Å². The van der Waals surface area contributed by atoms with Crippen LogP contribution in [-0.4, -0.2) is 18.6 Å². The summed E-state index contributed by atoms with van der Waals surface area (Å²) in [6, 6.07) is 6.38. The number of aromatic nitrogens is 1. The molecule has 1 aliphatic rings. The predicted octanol–water partition coefficient (Wildman–Crippen LogP) is 4.13. The van der Waals surface area contributed by atoms with Crippen molar-refractivity contribution in [1.29, 1.82) is 0 Å². The largest absolute Gasteiger partial charge is 0.319 e. The molecule has 0 radical (unpaired) electrons. The third-order valence-electron chi connectivity index (χ3n) is 3.85. The molecule has 4 heteroatoms. The van der Waals surface area contributed by atoms with E-state index in [1.54, 1.807) is 11.3 Å². The second kappa shape index (κ2) is 5.00. The Bertz CT molecular complexity index is 602. The third kappa shape index (κ3) is 2.49. The van der Waals surface area contributed by atoms with E-state index >= 15 is 0 Å². The first-order valence-electron chi connectivity index (χ1n) is 6.52. The fraction of sp³-hybridized carbons (Fsp3) is 0.400. The second-order valence-corrected chi connectivity index (χ2v) is 7.08. The smallest absolute Gasteiger partial charge is 0.123 e. The van der Waals surface area contributed by atoms with Gasteiger partial charge in [-0.2, -0.15) is 0 Å². The molecule has 0 amide bonds. The molecule has 100 valence electrons. The van der Waals surface area contributed by atoms with Crippen LogP contribution >= 0.6 is 27.3 Å². The van der Waals surface area contributed by atoms with Gasteiger partial charge in [-0.1, -0.05) is 22.0 Å². The Kier molecular flexibility index (Phi) is 3.50. The number of thiazole rings is 1. The summed E-state index contributed by atoms with van der Waals surface area (Å²) in [6.45, 7) is 3.18. The summed E-state index contributed by atoms with van der Waals surface area (Å²) in [5.41, 5.74) is 4.10. The van der Waals surface area contributed by atoms with Crippen LogP contribution in [0.4, 0.5) is 0 Å². The highest BCUT2D eigenvalue weighted by Crippen LogP contribution is 2.48. The van der Waals surface area contributed by atoms with Crippen molar-refractivity contribution in [3.63, 3.8) is 0 Å². The number of hydrogen-bond donors (Lipinski definition) is 1. The van der Waals surface area contributed by atoms with E-state index in [2.05, 4.69) is 51.7 Å². The van der Waals surface area contributed by atoms with Crippen molar-refractivity contribution in [3.05, 3.63) is 39.3 Å². The van der Waals surface area contributed by atoms with Crippen LogP contribution in [0.5, 0.6) is 0 Å². The van der Waals surface area contributed by atoms with Crippen LogP contribution in [0.3, 0.4) is 0 Å². The summed E-state index contributed by atoms with van der Waals surface area (Å²) in [5, 5.41) is 6.67. The lowest BCUT2D eigenvalue weighted by Crippen LogP contribution is -2.23. The SMILES string of the molecule is CNCC1(c2csc(-c3cc(Br)ccc3C)n2)CC1. The molecular formula is C15H17BrN2S. The molecule has 2 aromatic rings. The van der Waals surface area contributed by atoms with Crippen LogP contribution in [0.15, 0.2) is 28.1 Å². The van der Waals surface area contributed by atoms with Crippen LogP contribution in [0, 0.1) is 6.92 Å². The first-order valence-corrected chi connectivity index (χ1v) is 8.19. The normalized spacial score (nSPS) is 16.6. The Morgan fingerprint density at radius 2 is 2.21 bits per heavy atom. The first kappa shape index (κ1) is 13.3. The maximum Gasteiger partial charge on any atom is 0.123 e. The zero-order valence-electron chi connectivity index (χ0n) is 11.2. The van der Waals surface area contributed by atoms with Gasteiger partial charge in [0.05, 0.1) is 5.69 Å². The number of nitrogens with one attached hydrogen (secondary N) is 1.